The first kappa shape index (κ1) is 16.9. The van der Waals surface area contributed by atoms with Crippen molar-refractivity contribution in [3.63, 3.8) is 0 Å². The van der Waals surface area contributed by atoms with Gasteiger partial charge in [0.15, 0.2) is 0 Å². The lowest BCUT2D eigenvalue weighted by molar-refractivity contribution is -0.128. The summed E-state index contributed by atoms with van der Waals surface area (Å²) in [4.78, 5) is 14.2. The molecule has 0 bridgehead atoms. The second-order valence-electron chi connectivity index (χ2n) is 6.22. The standard InChI is InChI=1S/C21H18FNO2S/c1-25-18-8-4-7-17(22)20(18)21-23(19(24)13-26-21)12-14-9-10-15-5-2-3-6-16(15)11-14/h2-11,21H,12-13H2,1H3. The van der Waals surface area contributed by atoms with E-state index in [0.717, 1.165) is 16.3 Å². The fourth-order valence-corrected chi connectivity index (χ4v) is 4.57. The maximum absolute atomic E-state index is 14.5. The van der Waals surface area contributed by atoms with Gasteiger partial charge in [-0.15, -0.1) is 11.8 Å². The van der Waals surface area contributed by atoms with Gasteiger partial charge in [-0.3, -0.25) is 4.79 Å². The van der Waals surface area contributed by atoms with Crippen LogP contribution in [0.2, 0.25) is 0 Å². The van der Waals surface area contributed by atoms with Crippen LogP contribution in [0.15, 0.2) is 60.7 Å². The molecule has 1 amide bonds. The fourth-order valence-electron chi connectivity index (χ4n) is 3.33. The van der Waals surface area contributed by atoms with Crippen molar-refractivity contribution in [3.8, 4) is 5.75 Å². The molecule has 0 N–H and O–H groups in total. The first-order valence-corrected chi connectivity index (χ1v) is 9.43. The summed E-state index contributed by atoms with van der Waals surface area (Å²) in [6.07, 6.45) is 0. The number of hydrogen-bond donors (Lipinski definition) is 0. The third-order valence-corrected chi connectivity index (χ3v) is 5.83. The topological polar surface area (TPSA) is 29.5 Å². The Labute approximate surface area is 155 Å². The zero-order valence-electron chi connectivity index (χ0n) is 14.3. The average Bonchev–Trinajstić information content (AvgIpc) is 3.01. The monoisotopic (exact) mass is 367 g/mol. The van der Waals surface area contributed by atoms with E-state index < -0.39 is 0 Å². The van der Waals surface area contributed by atoms with Crippen LogP contribution in [0, 0.1) is 5.82 Å². The molecule has 0 radical (unpaired) electrons. The normalized spacial score (nSPS) is 17.1. The summed E-state index contributed by atoms with van der Waals surface area (Å²) in [7, 11) is 1.52. The van der Waals surface area contributed by atoms with Gasteiger partial charge in [0.1, 0.15) is 16.9 Å². The number of benzene rings is 3. The highest BCUT2D eigenvalue weighted by molar-refractivity contribution is 8.00. The predicted molar refractivity (Wildman–Crippen MR) is 103 cm³/mol. The van der Waals surface area contributed by atoms with E-state index in [0.29, 0.717) is 23.6 Å². The molecule has 1 heterocycles. The Morgan fingerprint density at radius 2 is 1.92 bits per heavy atom. The molecule has 1 aliphatic heterocycles. The van der Waals surface area contributed by atoms with E-state index >= 15 is 0 Å². The van der Waals surface area contributed by atoms with E-state index in [1.54, 1.807) is 17.0 Å². The zero-order chi connectivity index (χ0) is 18.1. The van der Waals surface area contributed by atoms with Crippen LogP contribution in [0.3, 0.4) is 0 Å². The van der Waals surface area contributed by atoms with Crippen molar-refractivity contribution in [3.05, 3.63) is 77.6 Å². The Morgan fingerprint density at radius 1 is 1.12 bits per heavy atom. The highest BCUT2D eigenvalue weighted by atomic mass is 32.2. The Bertz CT molecular complexity index is 975. The van der Waals surface area contributed by atoms with Gasteiger partial charge in [0.25, 0.3) is 0 Å². The molecule has 1 fully saturated rings. The summed E-state index contributed by atoms with van der Waals surface area (Å²) < 4.78 is 19.8. The van der Waals surface area contributed by atoms with E-state index in [2.05, 4.69) is 24.3 Å². The zero-order valence-corrected chi connectivity index (χ0v) is 15.1. The Kier molecular flexibility index (Phi) is 4.55. The van der Waals surface area contributed by atoms with E-state index in [4.69, 9.17) is 4.74 Å². The maximum Gasteiger partial charge on any atom is 0.234 e. The van der Waals surface area contributed by atoms with Gasteiger partial charge in [-0.1, -0.05) is 42.5 Å². The van der Waals surface area contributed by atoms with Crippen LogP contribution in [0.1, 0.15) is 16.5 Å². The smallest absolute Gasteiger partial charge is 0.234 e. The largest absolute Gasteiger partial charge is 0.496 e. The molecule has 3 nitrogen and oxygen atoms in total. The number of ether oxygens (including phenoxy) is 1. The Hall–Kier alpha value is -2.53. The number of rotatable bonds is 4. The Morgan fingerprint density at radius 3 is 2.73 bits per heavy atom. The van der Waals surface area contributed by atoms with Crippen LogP contribution >= 0.6 is 11.8 Å². The highest BCUT2D eigenvalue weighted by Crippen LogP contribution is 2.44. The molecule has 5 heteroatoms. The number of methoxy groups -OCH3 is 1. The molecule has 1 unspecified atom stereocenters. The summed E-state index contributed by atoms with van der Waals surface area (Å²) in [5.74, 6) is 0.481. The molecule has 1 saturated heterocycles. The molecule has 3 aromatic rings. The second kappa shape index (κ2) is 7.00. The van der Waals surface area contributed by atoms with Crippen molar-refractivity contribution in [2.24, 2.45) is 0 Å². The van der Waals surface area contributed by atoms with Gasteiger partial charge in [-0.25, -0.2) is 4.39 Å². The van der Waals surface area contributed by atoms with Gasteiger partial charge in [-0.2, -0.15) is 0 Å². The lowest BCUT2D eigenvalue weighted by Crippen LogP contribution is -2.28. The highest BCUT2D eigenvalue weighted by Gasteiger charge is 2.36. The number of amides is 1. The van der Waals surface area contributed by atoms with E-state index in [1.165, 1.54) is 24.9 Å². The van der Waals surface area contributed by atoms with Crippen LogP contribution in [0.25, 0.3) is 10.8 Å². The van der Waals surface area contributed by atoms with Crippen molar-refractivity contribution >= 4 is 28.4 Å². The first-order chi connectivity index (χ1) is 12.7. The number of halogens is 1. The van der Waals surface area contributed by atoms with Crippen molar-refractivity contribution in [1.82, 2.24) is 4.90 Å². The summed E-state index contributed by atoms with van der Waals surface area (Å²) >= 11 is 1.43. The maximum atomic E-state index is 14.5. The summed E-state index contributed by atoms with van der Waals surface area (Å²) in [5, 5.41) is 1.90. The lowest BCUT2D eigenvalue weighted by atomic mass is 10.1. The molecular formula is C21H18FNO2S. The molecule has 0 saturated carbocycles. The number of carbonyl (C=O) groups excluding carboxylic acids is 1. The molecule has 1 atom stereocenters. The fraction of sp³-hybridized carbons (Fsp3) is 0.190. The van der Waals surface area contributed by atoms with Crippen LogP contribution in [-0.2, 0) is 11.3 Å². The molecule has 26 heavy (non-hydrogen) atoms. The van der Waals surface area contributed by atoms with Gasteiger partial charge in [0.2, 0.25) is 5.91 Å². The van der Waals surface area contributed by atoms with Gasteiger partial charge in [-0.05, 0) is 34.5 Å². The minimum atomic E-state index is -0.384. The number of hydrogen-bond acceptors (Lipinski definition) is 3. The SMILES string of the molecule is COc1cccc(F)c1C1SCC(=O)N1Cc1ccc2ccccc2c1. The van der Waals surface area contributed by atoms with Crippen LogP contribution in [0.4, 0.5) is 4.39 Å². The molecule has 132 valence electrons. The molecule has 0 spiro atoms. The number of carbonyl (C=O) groups is 1. The van der Waals surface area contributed by atoms with Crippen LogP contribution in [-0.4, -0.2) is 23.7 Å². The molecule has 3 aromatic carbocycles. The minimum Gasteiger partial charge on any atom is -0.496 e. The van der Waals surface area contributed by atoms with E-state index in [9.17, 15) is 9.18 Å². The molecular weight excluding hydrogens is 349 g/mol. The van der Waals surface area contributed by atoms with E-state index in [-0.39, 0.29) is 17.1 Å². The van der Waals surface area contributed by atoms with Crippen LogP contribution in [0.5, 0.6) is 5.75 Å². The molecule has 0 aliphatic carbocycles. The lowest BCUT2D eigenvalue weighted by Gasteiger charge is -2.26. The van der Waals surface area contributed by atoms with Crippen molar-refractivity contribution in [1.29, 1.82) is 0 Å². The second-order valence-corrected chi connectivity index (χ2v) is 7.29. The molecule has 1 aliphatic rings. The van der Waals surface area contributed by atoms with Crippen LogP contribution < -0.4 is 4.74 Å². The van der Waals surface area contributed by atoms with Gasteiger partial charge in [0.05, 0.1) is 18.4 Å². The molecule has 0 aromatic heterocycles. The van der Waals surface area contributed by atoms with Crippen molar-refractivity contribution < 1.29 is 13.9 Å². The number of thioether (sulfide) groups is 1. The summed E-state index contributed by atoms with van der Waals surface area (Å²) in [6.45, 7) is 0.443. The predicted octanol–water partition coefficient (Wildman–Crippen LogP) is 4.76. The summed E-state index contributed by atoms with van der Waals surface area (Å²) in [5.41, 5.74) is 1.46. The van der Waals surface area contributed by atoms with Crippen molar-refractivity contribution in [2.75, 3.05) is 12.9 Å². The van der Waals surface area contributed by atoms with Gasteiger partial charge < -0.3 is 9.64 Å². The Balaban J connectivity index is 1.68. The van der Waals surface area contributed by atoms with Gasteiger partial charge >= 0.3 is 0 Å². The minimum absolute atomic E-state index is 0.0125. The molecule has 4 rings (SSSR count). The van der Waals surface area contributed by atoms with E-state index in [1.807, 2.05) is 18.2 Å². The first-order valence-electron chi connectivity index (χ1n) is 8.38. The van der Waals surface area contributed by atoms with Crippen molar-refractivity contribution in [2.45, 2.75) is 11.9 Å². The third-order valence-electron chi connectivity index (χ3n) is 4.61. The number of nitrogens with zero attached hydrogens (tertiary/aromatic N) is 1. The average molecular weight is 367 g/mol. The van der Waals surface area contributed by atoms with Gasteiger partial charge in [0, 0.05) is 6.54 Å². The summed E-state index contributed by atoms with van der Waals surface area (Å²) in [6, 6.07) is 19.0. The number of fused-ring (bicyclic) bond motifs is 1. The third kappa shape index (κ3) is 3.03. The quantitative estimate of drug-likeness (QED) is 0.666.